The number of piperazine rings is 1. The lowest BCUT2D eigenvalue weighted by Gasteiger charge is -2.44. The van der Waals surface area contributed by atoms with E-state index in [0.717, 1.165) is 45.6 Å². The van der Waals surface area contributed by atoms with Gasteiger partial charge in [-0.3, -0.25) is 9.80 Å². The monoisotopic (exact) mass is 270 g/mol. The molecule has 0 radical (unpaired) electrons. The fraction of sp³-hybridized carbons (Fsp3) is 1.00. The maximum Gasteiger partial charge on any atom is 0.0774 e. The largest absolute Gasteiger partial charge is 0.392 e. The summed E-state index contributed by atoms with van der Waals surface area (Å²) in [6.45, 7) is 8.69. The maximum atomic E-state index is 10.6. The topological polar surface area (TPSA) is 46.9 Å². The van der Waals surface area contributed by atoms with Gasteiger partial charge in [0.25, 0.3) is 0 Å². The third kappa shape index (κ3) is 4.42. The molecule has 4 nitrogen and oxygen atoms in total. The van der Waals surface area contributed by atoms with Gasteiger partial charge < -0.3 is 10.2 Å². The summed E-state index contributed by atoms with van der Waals surface area (Å²) in [5, 5.41) is 20.1. The molecule has 2 fully saturated rings. The average molecular weight is 270 g/mol. The number of hydrogen-bond donors (Lipinski definition) is 2. The Morgan fingerprint density at radius 1 is 1.21 bits per heavy atom. The van der Waals surface area contributed by atoms with Crippen LogP contribution in [-0.2, 0) is 0 Å². The molecule has 0 aromatic carbocycles. The van der Waals surface area contributed by atoms with Crippen molar-refractivity contribution in [2.75, 3.05) is 32.7 Å². The van der Waals surface area contributed by atoms with E-state index in [9.17, 15) is 10.2 Å². The normalized spacial score (nSPS) is 31.3. The summed E-state index contributed by atoms with van der Waals surface area (Å²) in [7, 11) is 0. The lowest BCUT2D eigenvalue weighted by Crippen LogP contribution is -2.56. The molecule has 0 spiro atoms. The summed E-state index contributed by atoms with van der Waals surface area (Å²) in [4.78, 5) is 4.76. The highest BCUT2D eigenvalue weighted by atomic mass is 16.3. The van der Waals surface area contributed by atoms with Crippen LogP contribution in [0.15, 0.2) is 0 Å². The molecule has 2 N–H and O–H groups in total. The van der Waals surface area contributed by atoms with Gasteiger partial charge in [-0.25, -0.2) is 0 Å². The third-order valence-electron chi connectivity index (χ3n) is 4.65. The molecule has 112 valence electrons. The van der Waals surface area contributed by atoms with Crippen molar-refractivity contribution >= 4 is 0 Å². The van der Waals surface area contributed by atoms with Gasteiger partial charge in [-0.1, -0.05) is 19.3 Å². The number of β-amino-alcohol motifs (C(OH)–C–C–N with tert-alkyl or cyclic N) is 2. The molecule has 0 amide bonds. The molecule has 0 aromatic heterocycles. The van der Waals surface area contributed by atoms with Crippen molar-refractivity contribution in [1.82, 2.24) is 9.80 Å². The molecule has 0 unspecified atom stereocenters. The van der Waals surface area contributed by atoms with Crippen molar-refractivity contribution < 1.29 is 10.2 Å². The first-order valence-corrected chi connectivity index (χ1v) is 7.85. The van der Waals surface area contributed by atoms with Crippen LogP contribution in [0.1, 0.15) is 46.0 Å². The fourth-order valence-electron chi connectivity index (χ4n) is 3.61. The standard InChI is InChI=1S/C15H30N2O2/c1-13-10-16(8-9-17(13)11-14(2)18)12-15(19)6-4-3-5-7-15/h13-14,18-19H,3-12H2,1-2H3/t13-,14+/m1/s1. The van der Waals surface area contributed by atoms with Crippen molar-refractivity contribution in [2.24, 2.45) is 0 Å². The number of aliphatic hydroxyl groups excluding tert-OH is 1. The fourth-order valence-corrected chi connectivity index (χ4v) is 3.61. The van der Waals surface area contributed by atoms with Crippen molar-refractivity contribution in [3.63, 3.8) is 0 Å². The van der Waals surface area contributed by atoms with E-state index < -0.39 is 5.60 Å². The van der Waals surface area contributed by atoms with Crippen LogP contribution in [0.4, 0.5) is 0 Å². The van der Waals surface area contributed by atoms with Gasteiger partial charge >= 0.3 is 0 Å². The molecule has 1 aliphatic heterocycles. The van der Waals surface area contributed by atoms with Crippen LogP contribution >= 0.6 is 0 Å². The number of aliphatic hydroxyl groups is 2. The van der Waals surface area contributed by atoms with Crippen LogP contribution in [0.2, 0.25) is 0 Å². The SMILES string of the molecule is C[C@H](O)CN1CCN(CC2(O)CCCCC2)C[C@H]1C. The van der Waals surface area contributed by atoms with Crippen LogP contribution < -0.4 is 0 Å². The average Bonchev–Trinajstić information content (AvgIpc) is 2.33. The second-order valence-corrected chi connectivity index (χ2v) is 6.71. The summed E-state index contributed by atoms with van der Waals surface area (Å²) in [6.07, 6.45) is 5.31. The Kier molecular flexibility index (Phi) is 5.23. The summed E-state index contributed by atoms with van der Waals surface area (Å²) in [6, 6.07) is 0.468. The highest BCUT2D eigenvalue weighted by Gasteiger charge is 2.33. The molecule has 4 heteroatoms. The first kappa shape index (κ1) is 15.2. The van der Waals surface area contributed by atoms with Crippen LogP contribution in [0.25, 0.3) is 0 Å². The second-order valence-electron chi connectivity index (χ2n) is 6.71. The highest BCUT2D eigenvalue weighted by Crippen LogP contribution is 2.29. The van der Waals surface area contributed by atoms with E-state index in [1.807, 2.05) is 6.92 Å². The Bertz CT molecular complexity index is 277. The molecular formula is C15H30N2O2. The van der Waals surface area contributed by atoms with Gasteiger partial charge in [0.05, 0.1) is 11.7 Å². The highest BCUT2D eigenvalue weighted by molar-refractivity contribution is 4.89. The minimum absolute atomic E-state index is 0.253. The Hall–Kier alpha value is -0.160. The Labute approximate surface area is 117 Å². The number of nitrogens with zero attached hydrogens (tertiary/aromatic N) is 2. The predicted octanol–water partition coefficient (Wildman–Crippen LogP) is 1.07. The van der Waals surface area contributed by atoms with E-state index in [-0.39, 0.29) is 6.10 Å². The van der Waals surface area contributed by atoms with E-state index in [2.05, 4.69) is 16.7 Å². The van der Waals surface area contributed by atoms with E-state index in [4.69, 9.17) is 0 Å². The molecule has 1 saturated heterocycles. The summed E-state index contributed by atoms with van der Waals surface area (Å²) in [5.74, 6) is 0. The van der Waals surface area contributed by atoms with Gasteiger partial charge in [0.2, 0.25) is 0 Å². The maximum absolute atomic E-state index is 10.6. The first-order chi connectivity index (χ1) is 8.98. The predicted molar refractivity (Wildman–Crippen MR) is 77.2 cm³/mol. The smallest absolute Gasteiger partial charge is 0.0774 e. The molecule has 2 rings (SSSR count). The van der Waals surface area contributed by atoms with Crippen LogP contribution in [-0.4, -0.2) is 70.5 Å². The molecule has 1 heterocycles. The van der Waals surface area contributed by atoms with E-state index in [1.165, 1.54) is 19.3 Å². The minimum Gasteiger partial charge on any atom is -0.392 e. The molecule has 1 saturated carbocycles. The van der Waals surface area contributed by atoms with Crippen molar-refractivity contribution in [2.45, 2.75) is 63.7 Å². The Morgan fingerprint density at radius 3 is 2.47 bits per heavy atom. The number of hydrogen-bond acceptors (Lipinski definition) is 4. The summed E-state index contributed by atoms with van der Waals surface area (Å²) >= 11 is 0. The molecule has 1 aliphatic carbocycles. The zero-order chi connectivity index (χ0) is 13.9. The zero-order valence-electron chi connectivity index (χ0n) is 12.5. The van der Waals surface area contributed by atoms with Crippen molar-refractivity contribution in [3.8, 4) is 0 Å². The van der Waals surface area contributed by atoms with Gasteiger partial charge in [0.1, 0.15) is 0 Å². The Balaban J connectivity index is 1.81. The van der Waals surface area contributed by atoms with Gasteiger partial charge in [-0.15, -0.1) is 0 Å². The molecule has 0 aromatic rings. The quantitative estimate of drug-likeness (QED) is 0.802. The second kappa shape index (κ2) is 6.53. The van der Waals surface area contributed by atoms with E-state index in [0.29, 0.717) is 6.04 Å². The molecule has 19 heavy (non-hydrogen) atoms. The molecule has 2 aliphatic rings. The van der Waals surface area contributed by atoms with Gasteiger partial charge in [0, 0.05) is 38.8 Å². The number of rotatable bonds is 4. The van der Waals surface area contributed by atoms with E-state index in [1.54, 1.807) is 0 Å². The lowest BCUT2D eigenvalue weighted by molar-refractivity contribution is -0.0456. The van der Waals surface area contributed by atoms with Crippen LogP contribution in [0.3, 0.4) is 0 Å². The van der Waals surface area contributed by atoms with E-state index >= 15 is 0 Å². The van der Waals surface area contributed by atoms with Gasteiger partial charge in [-0.2, -0.15) is 0 Å². The molecule has 0 bridgehead atoms. The summed E-state index contributed by atoms with van der Waals surface area (Å²) < 4.78 is 0. The molecule has 2 atom stereocenters. The summed E-state index contributed by atoms with van der Waals surface area (Å²) in [5.41, 5.74) is -0.440. The molecular weight excluding hydrogens is 240 g/mol. The van der Waals surface area contributed by atoms with Crippen molar-refractivity contribution in [3.05, 3.63) is 0 Å². The van der Waals surface area contributed by atoms with Crippen molar-refractivity contribution in [1.29, 1.82) is 0 Å². The zero-order valence-corrected chi connectivity index (χ0v) is 12.5. The first-order valence-electron chi connectivity index (χ1n) is 7.85. The third-order valence-corrected chi connectivity index (χ3v) is 4.65. The lowest BCUT2D eigenvalue weighted by atomic mass is 9.84. The van der Waals surface area contributed by atoms with Crippen LogP contribution in [0.5, 0.6) is 0 Å². The Morgan fingerprint density at radius 2 is 1.89 bits per heavy atom. The minimum atomic E-state index is -0.440. The van der Waals surface area contributed by atoms with Gasteiger partial charge in [0.15, 0.2) is 0 Å². The van der Waals surface area contributed by atoms with Crippen LogP contribution in [0, 0.1) is 0 Å². The van der Waals surface area contributed by atoms with Gasteiger partial charge in [-0.05, 0) is 26.7 Å².